The van der Waals surface area contributed by atoms with Crippen molar-refractivity contribution >= 4 is 33.4 Å². The number of H-pyrrole nitrogens is 2. The smallest absolute Gasteiger partial charge is 0.143 e. The van der Waals surface area contributed by atoms with Crippen molar-refractivity contribution < 1.29 is 0 Å². The van der Waals surface area contributed by atoms with Crippen LogP contribution in [0.3, 0.4) is 0 Å². The summed E-state index contributed by atoms with van der Waals surface area (Å²) in [6.07, 6.45) is 5.35. The van der Waals surface area contributed by atoms with E-state index in [4.69, 9.17) is 0 Å². The first kappa shape index (κ1) is 10.1. The number of rotatable bonds is 2. The highest BCUT2D eigenvalue weighted by molar-refractivity contribution is 5.90. The molecule has 19 heavy (non-hydrogen) atoms. The van der Waals surface area contributed by atoms with Crippen LogP contribution in [-0.4, -0.2) is 19.9 Å². The Labute approximate surface area is 108 Å². The Bertz CT molecular complexity index is 858. The van der Waals surface area contributed by atoms with Crippen molar-refractivity contribution in [3.63, 3.8) is 0 Å². The van der Waals surface area contributed by atoms with Crippen LogP contribution in [0.5, 0.6) is 0 Å². The van der Waals surface area contributed by atoms with Crippen molar-refractivity contribution in [3.8, 4) is 0 Å². The Hall–Kier alpha value is -2.82. The number of aromatic amines is 2. The molecule has 3 heterocycles. The van der Waals surface area contributed by atoms with E-state index in [1.807, 2.05) is 36.7 Å². The molecular weight excluding hydrogens is 238 g/mol. The zero-order chi connectivity index (χ0) is 12.7. The Morgan fingerprint density at radius 2 is 1.89 bits per heavy atom. The first-order valence-corrected chi connectivity index (χ1v) is 6.02. The maximum atomic E-state index is 4.29. The van der Waals surface area contributed by atoms with Crippen molar-refractivity contribution in [3.05, 3.63) is 49.1 Å². The highest BCUT2D eigenvalue weighted by Gasteiger charge is 2.05. The lowest BCUT2D eigenvalue weighted by atomic mass is 10.2. The zero-order valence-corrected chi connectivity index (χ0v) is 10.0. The van der Waals surface area contributed by atoms with Gasteiger partial charge in [-0.1, -0.05) is 0 Å². The van der Waals surface area contributed by atoms with E-state index in [9.17, 15) is 0 Å². The lowest BCUT2D eigenvalue weighted by Gasteiger charge is -2.06. The summed E-state index contributed by atoms with van der Waals surface area (Å²) in [7, 11) is 0. The molecule has 1 aromatic carbocycles. The van der Waals surface area contributed by atoms with Gasteiger partial charge in [0.15, 0.2) is 0 Å². The van der Waals surface area contributed by atoms with Crippen LogP contribution in [0.15, 0.2) is 49.1 Å². The lowest BCUT2D eigenvalue weighted by molar-refractivity contribution is 1.20. The molecule has 0 aliphatic rings. The number of aromatic nitrogens is 4. The van der Waals surface area contributed by atoms with Crippen LogP contribution in [-0.2, 0) is 0 Å². The van der Waals surface area contributed by atoms with Gasteiger partial charge in [-0.2, -0.15) is 0 Å². The summed E-state index contributed by atoms with van der Waals surface area (Å²) in [6, 6.07) is 10.2. The molecule has 0 aliphatic heterocycles. The summed E-state index contributed by atoms with van der Waals surface area (Å²) in [5.41, 5.74) is 2.97. The molecule has 0 fully saturated rings. The van der Waals surface area contributed by atoms with Crippen LogP contribution in [0.2, 0.25) is 0 Å². The SMILES string of the molecule is c1nc(Nc2ccc3[nH]ccc3c2)c2cc[nH]c2n1. The number of anilines is 2. The molecular formula is C14H11N5. The Morgan fingerprint density at radius 1 is 0.947 bits per heavy atom. The topological polar surface area (TPSA) is 69.4 Å². The van der Waals surface area contributed by atoms with Crippen LogP contribution in [0.25, 0.3) is 21.9 Å². The molecule has 0 bridgehead atoms. The molecule has 0 amide bonds. The largest absolute Gasteiger partial charge is 0.361 e. The fourth-order valence-corrected chi connectivity index (χ4v) is 2.24. The van der Waals surface area contributed by atoms with Gasteiger partial charge in [-0.25, -0.2) is 9.97 Å². The lowest BCUT2D eigenvalue weighted by Crippen LogP contribution is -1.94. The number of hydrogen-bond acceptors (Lipinski definition) is 3. The summed E-state index contributed by atoms with van der Waals surface area (Å²) < 4.78 is 0. The molecule has 0 atom stereocenters. The molecule has 4 aromatic rings. The highest BCUT2D eigenvalue weighted by atomic mass is 15.0. The maximum absolute atomic E-state index is 4.29. The number of fused-ring (bicyclic) bond motifs is 2. The molecule has 3 aromatic heterocycles. The minimum atomic E-state index is 0.807. The van der Waals surface area contributed by atoms with Crippen molar-refractivity contribution in [1.29, 1.82) is 0 Å². The normalized spacial score (nSPS) is 11.2. The van der Waals surface area contributed by atoms with E-state index in [1.165, 1.54) is 5.39 Å². The van der Waals surface area contributed by atoms with E-state index >= 15 is 0 Å². The van der Waals surface area contributed by atoms with E-state index in [-0.39, 0.29) is 0 Å². The number of nitrogens with zero attached hydrogens (tertiary/aromatic N) is 2. The average molecular weight is 249 g/mol. The molecule has 0 radical (unpaired) electrons. The Morgan fingerprint density at radius 3 is 2.89 bits per heavy atom. The third-order valence-electron chi connectivity index (χ3n) is 3.17. The minimum Gasteiger partial charge on any atom is -0.361 e. The minimum absolute atomic E-state index is 0.807. The molecule has 0 spiro atoms. The second-order valence-electron chi connectivity index (χ2n) is 4.37. The van der Waals surface area contributed by atoms with E-state index in [0.29, 0.717) is 0 Å². The van der Waals surface area contributed by atoms with Crippen LogP contribution >= 0.6 is 0 Å². The van der Waals surface area contributed by atoms with E-state index in [2.05, 4.69) is 31.3 Å². The third-order valence-corrected chi connectivity index (χ3v) is 3.17. The van der Waals surface area contributed by atoms with Gasteiger partial charge in [0, 0.05) is 29.0 Å². The van der Waals surface area contributed by atoms with Crippen molar-refractivity contribution in [2.24, 2.45) is 0 Å². The van der Waals surface area contributed by atoms with Gasteiger partial charge in [-0.05, 0) is 30.3 Å². The number of benzene rings is 1. The summed E-state index contributed by atoms with van der Waals surface area (Å²) in [4.78, 5) is 14.7. The van der Waals surface area contributed by atoms with E-state index in [1.54, 1.807) is 6.33 Å². The summed E-state index contributed by atoms with van der Waals surface area (Å²) >= 11 is 0. The van der Waals surface area contributed by atoms with Crippen molar-refractivity contribution in [2.45, 2.75) is 0 Å². The highest BCUT2D eigenvalue weighted by Crippen LogP contribution is 2.24. The van der Waals surface area contributed by atoms with Crippen molar-refractivity contribution in [1.82, 2.24) is 19.9 Å². The van der Waals surface area contributed by atoms with E-state index < -0.39 is 0 Å². The maximum Gasteiger partial charge on any atom is 0.143 e. The standard InChI is InChI=1S/C14H11N5/c1-2-12-9(3-5-15-12)7-10(1)19-14-11-4-6-16-13(11)17-8-18-14/h1-8,15H,(H2,16,17,18,19). The first-order chi connectivity index (χ1) is 9.40. The van der Waals surface area contributed by atoms with Gasteiger partial charge in [0.1, 0.15) is 17.8 Å². The molecule has 0 aliphatic carbocycles. The number of nitrogens with one attached hydrogen (secondary N) is 3. The van der Waals surface area contributed by atoms with Crippen LogP contribution in [0.4, 0.5) is 11.5 Å². The number of hydrogen-bond donors (Lipinski definition) is 3. The van der Waals surface area contributed by atoms with Gasteiger partial charge in [0.25, 0.3) is 0 Å². The zero-order valence-electron chi connectivity index (χ0n) is 10.0. The fourth-order valence-electron chi connectivity index (χ4n) is 2.24. The molecule has 5 nitrogen and oxygen atoms in total. The second kappa shape index (κ2) is 3.84. The summed E-state index contributed by atoms with van der Waals surface area (Å²) in [6.45, 7) is 0. The van der Waals surface area contributed by atoms with Crippen molar-refractivity contribution in [2.75, 3.05) is 5.32 Å². The van der Waals surface area contributed by atoms with Crippen LogP contribution in [0, 0.1) is 0 Å². The van der Waals surface area contributed by atoms with Gasteiger partial charge in [-0.3, -0.25) is 0 Å². The quantitative estimate of drug-likeness (QED) is 0.511. The monoisotopic (exact) mass is 249 g/mol. The second-order valence-corrected chi connectivity index (χ2v) is 4.37. The van der Waals surface area contributed by atoms with Gasteiger partial charge in [0.05, 0.1) is 5.39 Å². The fraction of sp³-hybridized carbons (Fsp3) is 0. The van der Waals surface area contributed by atoms with Gasteiger partial charge < -0.3 is 15.3 Å². The van der Waals surface area contributed by atoms with Crippen LogP contribution < -0.4 is 5.32 Å². The third kappa shape index (κ3) is 1.63. The molecule has 0 saturated heterocycles. The molecule has 0 unspecified atom stereocenters. The van der Waals surface area contributed by atoms with Gasteiger partial charge in [0.2, 0.25) is 0 Å². The summed E-state index contributed by atoms with van der Waals surface area (Å²) in [5, 5.41) is 5.48. The van der Waals surface area contributed by atoms with Gasteiger partial charge in [-0.15, -0.1) is 0 Å². The average Bonchev–Trinajstić information content (AvgIpc) is 3.06. The Balaban J connectivity index is 1.79. The molecule has 0 saturated carbocycles. The predicted octanol–water partition coefficient (Wildman–Crippen LogP) is 3.18. The van der Waals surface area contributed by atoms with Crippen LogP contribution in [0.1, 0.15) is 0 Å². The molecule has 5 heteroatoms. The predicted molar refractivity (Wildman–Crippen MR) is 75.5 cm³/mol. The summed E-state index contributed by atoms with van der Waals surface area (Å²) in [5.74, 6) is 0.807. The first-order valence-electron chi connectivity index (χ1n) is 6.02. The van der Waals surface area contributed by atoms with Gasteiger partial charge >= 0.3 is 0 Å². The molecule has 4 rings (SSSR count). The molecule has 3 N–H and O–H groups in total. The molecule has 92 valence electrons. The Kier molecular flexibility index (Phi) is 2.05. The van der Waals surface area contributed by atoms with E-state index in [0.717, 1.165) is 28.1 Å².